The third-order valence-corrected chi connectivity index (χ3v) is 0. The Morgan fingerprint density at radius 3 is 1.14 bits per heavy atom. The van der Waals surface area contributed by atoms with Crippen LogP contribution in [0.2, 0.25) is 0 Å². The van der Waals surface area contributed by atoms with E-state index < -0.39 is 7.82 Å². The van der Waals surface area contributed by atoms with Gasteiger partial charge in [-0.15, -0.1) is 0 Å². The fraction of sp³-hybridized carbons (Fsp3) is 0. The molecule has 0 aliphatic heterocycles. The van der Waals surface area contributed by atoms with Crippen LogP contribution in [0.5, 0.6) is 0 Å². The van der Waals surface area contributed by atoms with Gasteiger partial charge in [0.15, 0.2) is 0 Å². The molecule has 7 heavy (non-hydrogen) atoms. The number of phosphoric acid groups is 1. The summed E-state index contributed by atoms with van der Waals surface area (Å²) in [6.45, 7) is 0. The van der Waals surface area contributed by atoms with Gasteiger partial charge in [0.2, 0.25) is 0 Å². The Bertz CT molecular complexity index is 57.8. The molecule has 2 radical (unpaired) electrons. The number of hydrogen-bond donors (Lipinski definition) is 3. The van der Waals surface area contributed by atoms with Crippen LogP contribution in [0.15, 0.2) is 0 Å². The Morgan fingerprint density at radius 1 is 1.14 bits per heavy atom. The van der Waals surface area contributed by atoms with E-state index in [4.69, 9.17) is 19.2 Å². The van der Waals surface area contributed by atoms with Crippen molar-refractivity contribution >= 4 is 35.1 Å². The summed E-state index contributed by atoms with van der Waals surface area (Å²) in [6, 6.07) is 0. The standard InChI is InChI=1S/Fe.H3O4P.Pb.2H/c;1-5(2,3)4;;;/h;(H3,1,2,3,4);;;. The first-order valence-electron chi connectivity index (χ1n) is 0.783. The molecular weight excluding hydrogens is 358 g/mol. The predicted molar refractivity (Wildman–Crippen MR) is 22.8 cm³/mol. The van der Waals surface area contributed by atoms with Crippen LogP contribution < -0.4 is 0 Å². The molecular formula is H5FeO4PPb. The molecule has 0 heterocycles. The molecule has 0 aliphatic carbocycles. The van der Waals surface area contributed by atoms with Crippen LogP contribution in [-0.4, -0.2) is 42.0 Å². The summed E-state index contributed by atoms with van der Waals surface area (Å²) in [4.78, 5) is 21.6. The van der Waals surface area contributed by atoms with Crippen molar-refractivity contribution in [3.63, 3.8) is 0 Å². The van der Waals surface area contributed by atoms with E-state index in [1.807, 2.05) is 0 Å². The van der Waals surface area contributed by atoms with E-state index in [0.29, 0.717) is 0 Å². The monoisotopic (exact) mass is 364 g/mol. The SMILES string of the molecule is O=P(O)(O)O.[Fe].[PbH2]. The first kappa shape index (κ1) is 15.8. The average Bonchev–Trinajstić information content (AvgIpc) is 0.722. The van der Waals surface area contributed by atoms with E-state index in [-0.39, 0.29) is 44.4 Å². The van der Waals surface area contributed by atoms with Gasteiger partial charge in [-0.05, 0) is 0 Å². The van der Waals surface area contributed by atoms with Crippen molar-refractivity contribution < 1.29 is 36.3 Å². The molecule has 0 aromatic carbocycles. The van der Waals surface area contributed by atoms with Crippen LogP contribution >= 0.6 is 7.82 Å². The molecule has 0 unspecified atom stereocenters. The van der Waals surface area contributed by atoms with Crippen LogP contribution in [0.1, 0.15) is 0 Å². The Labute approximate surface area is 71.2 Å². The quantitative estimate of drug-likeness (QED) is 0.349. The van der Waals surface area contributed by atoms with Gasteiger partial charge in [-0.3, -0.25) is 0 Å². The molecule has 46 valence electrons. The van der Waals surface area contributed by atoms with E-state index in [1.165, 1.54) is 0 Å². The van der Waals surface area contributed by atoms with Crippen molar-refractivity contribution in [2.75, 3.05) is 0 Å². The average molecular weight is 363 g/mol. The molecule has 0 saturated carbocycles. The van der Waals surface area contributed by atoms with E-state index in [0.717, 1.165) is 0 Å². The molecule has 0 bridgehead atoms. The van der Waals surface area contributed by atoms with Gasteiger partial charge in [-0.2, -0.15) is 0 Å². The topological polar surface area (TPSA) is 77.8 Å². The van der Waals surface area contributed by atoms with Gasteiger partial charge >= 0.3 is 35.1 Å². The van der Waals surface area contributed by atoms with Crippen LogP contribution in [-0.2, 0) is 21.6 Å². The normalized spacial score (nSPS) is 8.43. The predicted octanol–water partition coefficient (Wildman–Crippen LogP) is -1.85. The Kier molecular flexibility index (Phi) is 12.8. The molecule has 0 aromatic rings. The molecule has 4 nitrogen and oxygen atoms in total. The van der Waals surface area contributed by atoms with Crippen molar-refractivity contribution in [1.82, 2.24) is 0 Å². The number of rotatable bonds is 0. The molecule has 0 amide bonds. The summed E-state index contributed by atoms with van der Waals surface area (Å²) in [5.74, 6) is 0. The summed E-state index contributed by atoms with van der Waals surface area (Å²) in [5.41, 5.74) is 0. The van der Waals surface area contributed by atoms with Crippen LogP contribution in [0.25, 0.3) is 0 Å². The van der Waals surface area contributed by atoms with E-state index in [1.54, 1.807) is 0 Å². The molecule has 0 saturated heterocycles. The maximum absolute atomic E-state index is 8.88. The molecule has 7 heteroatoms. The zero-order valence-electron chi connectivity index (χ0n) is 3.26. The Balaban J connectivity index is -0.0000000800. The van der Waals surface area contributed by atoms with Gasteiger partial charge in [0, 0.05) is 17.1 Å². The fourth-order valence-electron chi connectivity index (χ4n) is 0. The molecule has 0 aromatic heterocycles. The van der Waals surface area contributed by atoms with E-state index in [2.05, 4.69) is 0 Å². The van der Waals surface area contributed by atoms with Crippen molar-refractivity contribution in [3.8, 4) is 0 Å². The Hall–Kier alpha value is 1.55. The van der Waals surface area contributed by atoms with Crippen molar-refractivity contribution in [1.29, 1.82) is 0 Å². The third-order valence-electron chi connectivity index (χ3n) is 0. The van der Waals surface area contributed by atoms with Crippen molar-refractivity contribution in [2.24, 2.45) is 0 Å². The Morgan fingerprint density at radius 2 is 1.14 bits per heavy atom. The second kappa shape index (κ2) is 5.68. The second-order valence-corrected chi connectivity index (χ2v) is 1.54. The zero-order chi connectivity index (χ0) is 4.50. The van der Waals surface area contributed by atoms with Gasteiger partial charge in [0.1, 0.15) is 0 Å². The summed E-state index contributed by atoms with van der Waals surface area (Å²) in [5, 5.41) is 0. The third kappa shape index (κ3) is 96.7. The summed E-state index contributed by atoms with van der Waals surface area (Å²) in [6.07, 6.45) is 0. The molecule has 0 fully saturated rings. The van der Waals surface area contributed by atoms with Gasteiger partial charge in [-0.1, -0.05) is 0 Å². The van der Waals surface area contributed by atoms with Crippen LogP contribution in [0, 0.1) is 0 Å². The maximum atomic E-state index is 8.88. The fourth-order valence-corrected chi connectivity index (χ4v) is 0. The molecule has 0 atom stereocenters. The molecule has 0 spiro atoms. The zero-order valence-corrected chi connectivity index (χ0v) is 10.8. The minimum absolute atomic E-state index is 0. The second-order valence-electron chi connectivity index (χ2n) is 0.513. The van der Waals surface area contributed by atoms with E-state index >= 15 is 0 Å². The van der Waals surface area contributed by atoms with Gasteiger partial charge in [-0.25, -0.2) is 4.57 Å². The van der Waals surface area contributed by atoms with Crippen molar-refractivity contribution in [2.45, 2.75) is 0 Å². The number of hydrogen-bond acceptors (Lipinski definition) is 1. The van der Waals surface area contributed by atoms with Crippen LogP contribution in [0.3, 0.4) is 0 Å². The first-order valence-corrected chi connectivity index (χ1v) is 2.35. The van der Waals surface area contributed by atoms with Gasteiger partial charge in [0.05, 0.1) is 0 Å². The molecule has 3 N–H and O–H groups in total. The summed E-state index contributed by atoms with van der Waals surface area (Å²) < 4.78 is 8.88. The minimum atomic E-state index is -4.64. The molecule has 0 aliphatic rings. The van der Waals surface area contributed by atoms with Gasteiger partial charge in [0.25, 0.3) is 0 Å². The van der Waals surface area contributed by atoms with Crippen molar-refractivity contribution in [3.05, 3.63) is 0 Å². The summed E-state index contributed by atoms with van der Waals surface area (Å²) in [7, 11) is -4.64. The summed E-state index contributed by atoms with van der Waals surface area (Å²) >= 11 is 0. The van der Waals surface area contributed by atoms with E-state index in [9.17, 15) is 0 Å². The molecule has 0 rings (SSSR count). The van der Waals surface area contributed by atoms with Gasteiger partial charge < -0.3 is 14.7 Å². The first-order chi connectivity index (χ1) is 2.00. The van der Waals surface area contributed by atoms with Crippen LogP contribution in [0.4, 0.5) is 0 Å².